The molecule has 5 heteroatoms. The Morgan fingerprint density at radius 2 is 2.11 bits per heavy atom. The maximum Gasteiger partial charge on any atom is 0.330 e. The van der Waals surface area contributed by atoms with Gasteiger partial charge in [0.05, 0.1) is 17.7 Å². The van der Waals surface area contributed by atoms with Crippen LogP contribution >= 0.6 is 11.3 Å². The highest BCUT2D eigenvalue weighted by molar-refractivity contribution is 7.16. The van der Waals surface area contributed by atoms with E-state index < -0.39 is 0 Å². The molecule has 18 heavy (non-hydrogen) atoms. The number of carbonyl (C=O) groups is 1. The van der Waals surface area contributed by atoms with Crippen molar-refractivity contribution in [2.45, 2.75) is 26.2 Å². The van der Waals surface area contributed by atoms with Crippen LogP contribution in [0.15, 0.2) is 6.08 Å². The minimum absolute atomic E-state index is 0.331. The van der Waals surface area contributed by atoms with Gasteiger partial charge in [0.2, 0.25) is 0 Å². The van der Waals surface area contributed by atoms with Crippen LogP contribution in [0, 0.1) is 6.92 Å². The first-order chi connectivity index (χ1) is 8.70. The van der Waals surface area contributed by atoms with Crippen molar-refractivity contribution in [2.24, 2.45) is 0 Å². The van der Waals surface area contributed by atoms with Gasteiger partial charge in [-0.2, -0.15) is 0 Å². The van der Waals surface area contributed by atoms with Crippen LogP contribution in [0.25, 0.3) is 6.08 Å². The number of esters is 1. The topological polar surface area (TPSA) is 42.4 Å². The number of aromatic nitrogens is 1. The van der Waals surface area contributed by atoms with Crippen molar-refractivity contribution in [2.75, 3.05) is 25.1 Å². The van der Waals surface area contributed by atoms with E-state index in [0.717, 1.165) is 28.8 Å². The fourth-order valence-electron chi connectivity index (χ4n) is 1.98. The van der Waals surface area contributed by atoms with Gasteiger partial charge in [0.25, 0.3) is 0 Å². The lowest BCUT2D eigenvalue weighted by Crippen LogP contribution is -2.29. The summed E-state index contributed by atoms with van der Waals surface area (Å²) < 4.78 is 4.58. The number of piperidine rings is 1. The van der Waals surface area contributed by atoms with Gasteiger partial charge in [0.1, 0.15) is 0 Å². The van der Waals surface area contributed by atoms with E-state index in [1.807, 2.05) is 6.92 Å². The fraction of sp³-hybridized carbons (Fsp3) is 0.538. The van der Waals surface area contributed by atoms with E-state index in [1.165, 1.54) is 32.4 Å². The van der Waals surface area contributed by atoms with Crippen LogP contribution in [-0.2, 0) is 9.53 Å². The molecule has 1 fully saturated rings. The molecule has 98 valence electrons. The molecule has 0 saturated carbocycles. The molecule has 4 nitrogen and oxygen atoms in total. The van der Waals surface area contributed by atoms with Crippen molar-refractivity contribution in [3.8, 4) is 0 Å². The van der Waals surface area contributed by atoms with E-state index in [9.17, 15) is 4.79 Å². The second-order valence-corrected chi connectivity index (χ2v) is 5.36. The first kappa shape index (κ1) is 13.1. The summed E-state index contributed by atoms with van der Waals surface area (Å²) in [6.07, 6.45) is 7.03. The summed E-state index contributed by atoms with van der Waals surface area (Å²) in [5, 5.41) is 1.07. The third-order valence-electron chi connectivity index (χ3n) is 3.02. The van der Waals surface area contributed by atoms with Crippen LogP contribution in [0.4, 0.5) is 5.13 Å². The molecule has 2 rings (SSSR count). The highest BCUT2D eigenvalue weighted by atomic mass is 32.1. The zero-order valence-electron chi connectivity index (χ0n) is 10.8. The van der Waals surface area contributed by atoms with Crippen LogP contribution in [-0.4, -0.2) is 31.2 Å². The van der Waals surface area contributed by atoms with Gasteiger partial charge in [-0.15, -0.1) is 0 Å². The van der Waals surface area contributed by atoms with Crippen LogP contribution in [0.5, 0.6) is 0 Å². The average molecular weight is 266 g/mol. The predicted molar refractivity (Wildman–Crippen MR) is 74.0 cm³/mol. The minimum Gasteiger partial charge on any atom is -0.466 e. The lowest BCUT2D eigenvalue weighted by molar-refractivity contribution is -0.134. The number of hydrogen-bond acceptors (Lipinski definition) is 5. The number of thiazole rings is 1. The molecule has 1 aromatic heterocycles. The Morgan fingerprint density at radius 1 is 1.39 bits per heavy atom. The maximum atomic E-state index is 11.1. The van der Waals surface area contributed by atoms with Crippen molar-refractivity contribution in [3.63, 3.8) is 0 Å². The Balaban J connectivity index is 2.10. The lowest BCUT2D eigenvalue weighted by atomic mass is 10.1. The molecule has 0 atom stereocenters. The molecule has 0 spiro atoms. The van der Waals surface area contributed by atoms with Crippen LogP contribution < -0.4 is 4.90 Å². The maximum absolute atomic E-state index is 11.1. The molecular weight excluding hydrogens is 248 g/mol. The molecule has 0 aromatic carbocycles. The van der Waals surface area contributed by atoms with Crippen molar-refractivity contribution >= 4 is 28.5 Å². The molecule has 0 N–H and O–H groups in total. The van der Waals surface area contributed by atoms with Crippen LogP contribution in [0.1, 0.15) is 29.8 Å². The average Bonchev–Trinajstić information content (AvgIpc) is 2.78. The Bertz CT molecular complexity index is 448. The number of carbonyl (C=O) groups excluding carboxylic acids is 1. The van der Waals surface area contributed by atoms with E-state index in [-0.39, 0.29) is 5.97 Å². The summed E-state index contributed by atoms with van der Waals surface area (Å²) in [5.41, 5.74) is 0.973. The van der Waals surface area contributed by atoms with E-state index in [4.69, 9.17) is 0 Å². The second-order valence-electron chi connectivity index (χ2n) is 4.35. The summed E-state index contributed by atoms with van der Waals surface area (Å²) in [6, 6.07) is 0. The zero-order chi connectivity index (χ0) is 13.0. The Hall–Kier alpha value is -1.36. The number of aryl methyl sites for hydroxylation is 1. The van der Waals surface area contributed by atoms with E-state index in [2.05, 4.69) is 14.6 Å². The molecule has 2 heterocycles. The first-order valence-electron chi connectivity index (χ1n) is 6.19. The van der Waals surface area contributed by atoms with Gasteiger partial charge >= 0.3 is 5.97 Å². The minimum atomic E-state index is -0.331. The van der Waals surface area contributed by atoms with E-state index >= 15 is 0 Å². The number of nitrogens with zero attached hydrogens (tertiary/aromatic N) is 2. The molecule has 0 aliphatic carbocycles. The third-order valence-corrected chi connectivity index (χ3v) is 4.20. The largest absolute Gasteiger partial charge is 0.466 e. The summed E-state index contributed by atoms with van der Waals surface area (Å²) >= 11 is 1.64. The Labute approximate surface area is 111 Å². The highest BCUT2D eigenvalue weighted by Gasteiger charge is 2.15. The van der Waals surface area contributed by atoms with Gasteiger partial charge in [0, 0.05) is 19.2 Å². The van der Waals surface area contributed by atoms with Crippen LogP contribution in [0.2, 0.25) is 0 Å². The van der Waals surface area contributed by atoms with Crippen molar-refractivity contribution in [1.29, 1.82) is 0 Å². The second kappa shape index (κ2) is 6.00. The molecular formula is C13H18N2O2S. The first-order valence-corrected chi connectivity index (χ1v) is 7.01. The normalized spacial score (nSPS) is 16.2. The predicted octanol–water partition coefficient (Wildman–Crippen LogP) is 2.63. The molecule has 0 unspecified atom stereocenters. The standard InChI is InChI=1S/C13H18N2O2S/c1-10-11(6-7-12(16)17-2)18-13(14-10)15-8-4-3-5-9-15/h6-7H,3-5,8-9H2,1-2H3/b7-6+. The van der Waals surface area contributed by atoms with Gasteiger partial charge in [-0.25, -0.2) is 9.78 Å². The molecule has 1 aliphatic heterocycles. The number of rotatable bonds is 3. The van der Waals surface area contributed by atoms with Crippen molar-refractivity contribution in [3.05, 3.63) is 16.6 Å². The summed E-state index contributed by atoms with van der Waals surface area (Å²) in [5.74, 6) is -0.331. The summed E-state index contributed by atoms with van der Waals surface area (Å²) in [4.78, 5) is 19.0. The molecule has 1 saturated heterocycles. The summed E-state index contributed by atoms with van der Waals surface area (Å²) in [6.45, 7) is 4.15. The molecule has 0 radical (unpaired) electrons. The fourth-order valence-corrected chi connectivity index (χ4v) is 3.00. The smallest absolute Gasteiger partial charge is 0.330 e. The third kappa shape index (κ3) is 3.10. The highest BCUT2D eigenvalue weighted by Crippen LogP contribution is 2.29. The molecule has 1 aliphatic rings. The molecule has 1 aromatic rings. The number of hydrogen-bond donors (Lipinski definition) is 0. The lowest BCUT2D eigenvalue weighted by Gasteiger charge is -2.25. The van der Waals surface area contributed by atoms with Crippen molar-refractivity contribution < 1.29 is 9.53 Å². The zero-order valence-corrected chi connectivity index (χ0v) is 11.6. The SMILES string of the molecule is COC(=O)/C=C/c1sc(N2CCCCC2)nc1C. The van der Waals surface area contributed by atoms with Gasteiger partial charge in [-0.3, -0.25) is 0 Å². The quantitative estimate of drug-likeness (QED) is 0.623. The molecule has 0 amide bonds. The Morgan fingerprint density at radius 3 is 2.78 bits per heavy atom. The van der Waals surface area contributed by atoms with Gasteiger partial charge in [-0.05, 0) is 32.3 Å². The number of ether oxygens (including phenoxy) is 1. The van der Waals surface area contributed by atoms with Gasteiger partial charge in [0.15, 0.2) is 5.13 Å². The Kier molecular flexibility index (Phi) is 4.36. The van der Waals surface area contributed by atoms with Crippen LogP contribution in [0.3, 0.4) is 0 Å². The number of anilines is 1. The van der Waals surface area contributed by atoms with E-state index in [1.54, 1.807) is 17.4 Å². The summed E-state index contributed by atoms with van der Waals surface area (Å²) in [7, 11) is 1.38. The monoisotopic (exact) mass is 266 g/mol. The van der Waals surface area contributed by atoms with Gasteiger partial charge in [-0.1, -0.05) is 11.3 Å². The van der Waals surface area contributed by atoms with E-state index in [0.29, 0.717) is 0 Å². The number of methoxy groups -OCH3 is 1. The van der Waals surface area contributed by atoms with Gasteiger partial charge < -0.3 is 9.64 Å². The van der Waals surface area contributed by atoms with Crippen molar-refractivity contribution in [1.82, 2.24) is 4.98 Å². The molecule has 0 bridgehead atoms.